The van der Waals surface area contributed by atoms with Crippen molar-refractivity contribution in [2.24, 2.45) is 18.9 Å². The number of rotatable bonds is 6. The minimum absolute atomic E-state index is 0.0984. The maximum Gasteiger partial charge on any atom is 0.220 e. The Labute approximate surface area is 126 Å². The van der Waals surface area contributed by atoms with E-state index < -0.39 is 0 Å². The van der Waals surface area contributed by atoms with Crippen LogP contribution in [0.3, 0.4) is 0 Å². The molecule has 0 radical (unpaired) electrons. The molecule has 118 valence electrons. The lowest BCUT2D eigenvalue weighted by Gasteiger charge is -2.17. The third-order valence-electron chi connectivity index (χ3n) is 4.87. The highest BCUT2D eigenvalue weighted by Gasteiger charge is 2.26. The monoisotopic (exact) mass is 293 g/mol. The van der Waals surface area contributed by atoms with Crippen molar-refractivity contribution in [2.45, 2.75) is 46.0 Å². The molecule has 1 aliphatic rings. The van der Waals surface area contributed by atoms with E-state index in [1.54, 1.807) is 0 Å². The first-order chi connectivity index (χ1) is 10.0. The number of nitrogens with zero attached hydrogens (tertiary/aromatic N) is 2. The summed E-state index contributed by atoms with van der Waals surface area (Å²) in [6, 6.07) is 0. The molecule has 2 atom stereocenters. The predicted molar refractivity (Wildman–Crippen MR) is 81.9 cm³/mol. The van der Waals surface area contributed by atoms with Gasteiger partial charge >= 0.3 is 0 Å². The van der Waals surface area contributed by atoms with E-state index in [1.807, 2.05) is 25.6 Å². The van der Waals surface area contributed by atoms with E-state index in [2.05, 4.69) is 10.4 Å². The van der Waals surface area contributed by atoms with Crippen molar-refractivity contribution in [1.82, 2.24) is 15.1 Å². The molecule has 0 bridgehead atoms. The fraction of sp³-hybridized carbons (Fsp3) is 0.750. The van der Waals surface area contributed by atoms with Gasteiger partial charge in [0.15, 0.2) is 0 Å². The van der Waals surface area contributed by atoms with Gasteiger partial charge < -0.3 is 10.4 Å². The van der Waals surface area contributed by atoms with Crippen molar-refractivity contribution >= 4 is 5.91 Å². The van der Waals surface area contributed by atoms with Crippen molar-refractivity contribution in [3.8, 4) is 0 Å². The van der Waals surface area contributed by atoms with E-state index in [0.29, 0.717) is 24.8 Å². The van der Waals surface area contributed by atoms with Crippen LogP contribution in [0.2, 0.25) is 0 Å². The number of aryl methyl sites for hydroxylation is 2. The molecule has 1 saturated carbocycles. The number of aliphatic hydroxyl groups excluding tert-OH is 1. The number of carbonyl (C=O) groups is 1. The highest BCUT2D eigenvalue weighted by atomic mass is 16.3. The van der Waals surface area contributed by atoms with Gasteiger partial charge in [0.25, 0.3) is 0 Å². The van der Waals surface area contributed by atoms with Gasteiger partial charge in [0.1, 0.15) is 0 Å². The lowest BCUT2D eigenvalue weighted by molar-refractivity contribution is -0.121. The molecule has 1 aromatic rings. The second-order valence-electron chi connectivity index (χ2n) is 6.21. The van der Waals surface area contributed by atoms with Crippen LogP contribution in [0.5, 0.6) is 0 Å². The molecule has 21 heavy (non-hydrogen) atoms. The van der Waals surface area contributed by atoms with Gasteiger partial charge in [-0.15, -0.1) is 0 Å². The third-order valence-corrected chi connectivity index (χ3v) is 4.87. The molecular weight excluding hydrogens is 266 g/mol. The van der Waals surface area contributed by atoms with E-state index in [4.69, 9.17) is 0 Å². The van der Waals surface area contributed by atoms with Crippen LogP contribution in [-0.2, 0) is 18.3 Å². The topological polar surface area (TPSA) is 67.2 Å². The zero-order chi connectivity index (χ0) is 15.4. The van der Waals surface area contributed by atoms with Gasteiger partial charge in [0.2, 0.25) is 5.91 Å². The van der Waals surface area contributed by atoms with Crippen LogP contribution in [0.1, 0.15) is 42.6 Å². The van der Waals surface area contributed by atoms with E-state index in [1.165, 1.54) is 12.0 Å². The first-order valence-electron chi connectivity index (χ1n) is 7.89. The number of hydrogen-bond acceptors (Lipinski definition) is 3. The minimum Gasteiger partial charge on any atom is -0.396 e. The number of aromatic nitrogens is 2. The molecule has 1 aromatic heterocycles. The van der Waals surface area contributed by atoms with Crippen molar-refractivity contribution in [1.29, 1.82) is 0 Å². The largest absolute Gasteiger partial charge is 0.396 e. The van der Waals surface area contributed by atoms with Gasteiger partial charge in [-0.25, -0.2) is 0 Å². The van der Waals surface area contributed by atoms with Crippen molar-refractivity contribution < 1.29 is 9.90 Å². The zero-order valence-electron chi connectivity index (χ0n) is 13.4. The highest BCUT2D eigenvalue weighted by molar-refractivity contribution is 5.76. The summed E-state index contributed by atoms with van der Waals surface area (Å²) in [5.74, 6) is 0.912. The molecular formula is C16H27N3O2. The van der Waals surface area contributed by atoms with Crippen LogP contribution in [0.4, 0.5) is 0 Å². The maximum absolute atomic E-state index is 12.0. The molecule has 1 amide bonds. The molecule has 1 aliphatic carbocycles. The average molecular weight is 293 g/mol. The van der Waals surface area contributed by atoms with Crippen LogP contribution in [0.15, 0.2) is 0 Å². The van der Waals surface area contributed by atoms with Crippen LogP contribution in [0.25, 0.3) is 0 Å². The molecule has 5 heteroatoms. The molecule has 2 rings (SSSR count). The van der Waals surface area contributed by atoms with Gasteiger partial charge in [-0.05, 0) is 50.5 Å². The maximum atomic E-state index is 12.0. The minimum atomic E-state index is 0.0984. The van der Waals surface area contributed by atoms with E-state index in [9.17, 15) is 9.90 Å². The van der Waals surface area contributed by atoms with E-state index in [-0.39, 0.29) is 12.5 Å². The number of hydrogen-bond donors (Lipinski definition) is 2. The van der Waals surface area contributed by atoms with Gasteiger partial charge in [0.05, 0.1) is 5.69 Å². The van der Waals surface area contributed by atoms with Crippen molar-refractivity contribution in [3.05, 3.63) is 17.0 Å². The Kier molecular flexibility index (Phi) is 5.39. The third kappa shape index (κ3) is 3.84. The lowest BCUT2D eigenvalue weighted by atomic mass is 9.97. The lowest BCUT2D eigenvalue weighted by Crippen LogP contribution is -2.31. The van der Waals surface area contributed by atoms with E-state index >= 15 is 0 Å². The van der Waals surface area contributed by atoms with Crippen LogP contribution in [0, 0.1) is 25.7 Å². The van der Waals surface area contributed by atoms with Crippen LogP contribution in [-0.4, -0.2) is 33.9 Å². The Bertz CT molecular complexity index is 496. The Morgan fingerprint density at radius 2 is 2.10 bits per heavy atom. The molecule has 1 fully saturated rings. The molecule has 0 aliphatic heterocycles. The first kappa shape index (κ1) is 16.0. The number of amides is 1. The number of nitrogens with one attached hydrogen (secondary N) is 1. The van der Waals surface area contributed by atoms with Gasteiger partial charge in [-0.3, -0.25) is 9.48 Å². The number of aliphatic hydroxyl groups is 1. The fourth-order valence-electron chi connectivity index (χ4n) is 3.37. The molecule has 5 nitrogen and oxygen atoms in total. The summed E-state index contributed by atoms with van der Waals surface area (Å²) in [7, 11) is 1.93. The summed E-state index contributed by atoms with van der Waals surface area (Å²) in [6.45, 7) is 4.98. The smallest absolute Gasteiger partial charge is 0.220 e. The Morgan fingerprint density at radius 3 is 2.71 bits per heavy atom. The fourth-order valence-corrected chi connectivity index (χ4v) is 3.37. The first-order valence-corrected chi connectivity index (χ1v) is 7.89. The quantitative estimate of drug-likeness (QED) is 0.835. The predicted octanol–water partition coefficient (Wildman–Crippen LogP) is 1.49. The Balaban J connectivity index is 1.77. The molecule has 0 aromatic carbocycles. The summed E-state index contributed by atoms with van der Waals surface area (Å²) in [5.41, 5.74) is 3.33. The highest BCUT2D eigenvalue weighted by Crippen LogP contribution is 2.30. The molecule has 1 heterocycles. The van der Waals surface area contributed by atoms with Gasteiger partial charge in [0, 0.05) is 32.3 Å². The number of carbonyl (C=O) groups excluding carboxylic acids is 1. The normalized spacial score (nSPS) is 21.7. The summed E-state index contributed by atoms with van der Waals surface area (Å²) in [6.07, 6.45) is 4.62. The average Bonchev–Trinajstić information content (AvgIpc) is 3.00. The second-order valence-corrected chi connectivity index (χ2v) is 6.21. The molecule has 2 N–H and O–H groups in total. The SMILES string of the molecule is Cc1nn(C)c(C)c1CCC(=O)NCC1CCCC1CO. The summed E-state index contributed by atoms with van der Waals surface area (Å²) in [5, 5.41) is 16.7. The van der Waals surface area contributed by atoms with Crippen molar-refractivity contribution in [3.63, 3.8) is 0 Å². The molecule has 2 unspecified atom stereocenters. The standard InChI is InChI=1S/C16H27N3O2/c1-11-15(12(2)19(3)18-11)7-8-16(21)17-9-13-5-4-6-14(13)10-20/h13-14,20H,4-10H2,1-3H3,(H,17,21). The van der Waals surface area contributed by atoms with Gasteiger partial charge in [-0.1, -0.05) is 6.42 Å². The Hall–Kier alpha value is -1.36. The van der Waals surface area contributed by atoms with Crippen molar-refractivity contribution in [2.75, 3.05) is 13.2 Å². The zero-order valence-corrected chi connectivity index (χ0v) is 13.4. The van der Waals surface area contributed by atoms with E-state index in [0.717, 1.165) is 30.7 Å². The summed E-state index contributed by atoms with van der Waals surface area (Å²) < 4.78 is 1.87. The van der Waals surface area contributed by atoms with Gasteiger partial charge in [-0.2, -0.15) is 5.10 Å². The Morgan fingerprint density at radius 1 is 1.38 bits per heavy atom. The summed E-state index contributed by atoms with van der Waals surface area (Å²) >= 11 is 0. The molecule has 0 saturated heterocycles. The summed E-state index contributed by atoms with van der Waals surface area (Å²) in [4.78, 5) is 12.0. The van der Waals surface area contributed by atoms with Crippen LogP contribution < -0.4 is 5.32 Å². The molecule has 0 spiro atoms. The second kappa shape index (κ2) is 7.07. The van der Waals surface area contributed by atoms with Crippen LogP contribution >= 0.6 is 0 Å².